The van der Waals surface area contributed by atoms with Crippen LogP contribution in [-0.4, -0.2) is 63.8 Å². The van der Waals surface area contributed by atoms with Crippen molar-refractivity contribution < 1.29 is 19.2 Å². The lowest BCUT2D eigenvalue weighted by molar-refractivity contribution is -0.385. The maximum Gasteiger partial charge on any atom is 0.337 e. The topological polar surface area (TPSA) is 119 Å². The van der Waals surface area contributed by atoms with Gasteiger partial charge in [0.1, 0.15) is 5.82 Å². The molecule has 3 aromatic rings. The van der Waals surface area contributed by atoms with Crippen LogP contribution in [0.25, 0.3) is 0 Å². The standard InChI is InChI=1S/C23H23N5O5S/c1-15-14-26(11-12-27(15)21(29)16-7-9-17(10-8-16)22(30)33-2)23-24-20(25-34-23)13-18-5-3-4-6-19(18)28(31)32/h3-10,15H,11-14H2,1-2H3. The Morgan fingerprint density at radius 2 is 1.85 bits per heavy atom. The molecule has 0 bridgehead atoms. The zero-order chi connectivity index (χ0) is 24.2. The van der Waals surface area contributed by atoms with Gasteiger partial charge in [-0.3, -0.25) is 14.9 Å². The number of nitro groups is 1. The first-order valence-corrected chi connectivity index (χ1v) is 11.4. The lowest BCUT2D eigenvalue weighted by atomic mass is 10.1. The second kappa shape index (κ2) is 9.96. The number of esters is 1. The quantitative estimate of drug-likeness (QED) is 0.299. The van der Waals surface area contributed by atoms with Gasteiger partial charge in [0.15, 0.2) is 0 Å². The molecule has 1 aliphatic rings. The third-order valence-electron chi connectivity index (χ3n) is 5.71. The van der Waals surface area contributed by atoms with E-state index in [0.29, 0.717) is 42.1 Å². The molecule has 1 aliphatic heterocycles. The Balaban J connectivity index is 1.40. The number of anilines is 1. The van der Waals surface area contributed by atoms with E-state index in [4.69, 9.17) is 4.74 Å². The lowest BCUT2D eigenvalue weighted by Gasteiger charge is -2.39. The molecule has 0 N–H and O–H groups in total. The van der Waals surface area contributed by atoms with Gasteiger partial charge in [0.25, 0.3) is 11.6 Å². The Morgan fingerprint density at radius 1 is 1.15 bits per heavy atom. The van der Waals surface area contributed by atoms with E-state index in [1.54, 1.807) is 47.4 Å². The fraction of sp³-hybridized carbons (Fsp3) is 0.304. The van der Waals surface area contributed by atoms with Gasteiger partial charge >= 0.3 is 5.97 Å². The molecule has 0 aliphatic carbocycles. The highest BCUT2D eigenvalue weighted by Gasteiger charge is 2.30. The fourth-order valence-corrected chi connectivity index (χ4v) is 4.64. The summed E-state index contributed by atoms with van der Waals surface area (Å²) in [6, 6.07) is 12.9. The molecule has 2 aromatic carbocycles. The lowest BCUT2D eigenvalue weighted by Crippen LogP contribution is -2.54. The first kappa shape index (κ1) is 23.3. The van der Waals surface area contributed by atoms with Crippen LogP contribution in [0.5, 0.6) is 0 Å². The Labute approximate surface area is 200 Å². The van der Waals surface area contributed by atoms with E-state index in [0.717, 1.165) is 5.13 Å². The summed E-state index contributed by atoms with van der Waals surface area (Å²) < 4.78 is 9.09. The molecule has 34 heavy (non-hydrogen) atoms. The molecule has 0 saturated carbocycles. The molecule has 2 heterocycles. The molecule has 11 heteroatoms. The monoisotopic (exact) mass is 481 g/mol. The Morgan fingerprint density at radius 3 is 2.53 bits per heavy atom. The average molecular weight is 482 g/mol. The zero-order valence-electron chi connectivity index (χ0n) is 18.7. The van der Waals surface area contributed by atoms with Crippen molar-refractivity contribution in [2.45, 2.75) is 19.4 Å². The van der Waals surface area contributed by atoms with Gasteiger partial charge in [0.05, 0.1) is 17.6 Å². The van der Waals surface area contributed by atoms with Crippen molar-refractivity contribution >= 4 is 34.2 Å². The number of carbonyl (C=O) groups excluding carboxylic acids is 2. The van der Waals surface area contributed by atoms with Gasteiger partial charge in [-0.15, -0.1) is 0 Å². The first-order valence-electron chi connectivity index (χ1n) is 10.7. The highest BCUT2D eigenvalue weighted by molar-refractivity contribution is 7.09. The first-order chi connectivity index (χ1) is 16.4. The molecule has 1 saturated heterocycles. The average Bonchev–Trinajstić information content (AvgIpc) is 3.32. The number of hydrogen-bond donors (Lipinski definition) is 0. The summed E-state index contributed by atoms with van der Waals surface area (Å²) >= 11 is 1.25. The van der Waals surface area contributed by atoms with Crippen molar-refractivity contribution in [1.82, 2.24) is 14.3 Å². The number of nitro benzene ring substituents is 1. The molecular formula is C23H23N5O5S. The van der Waals surface area contributed by atoms with Crippen molar-refractivity contribution in [3.8, 4) is 0 Å². The Bertz CT molecular complexity index is 1210. The third-order valence-corrected chi connectivity index (χ3v) is 6.52. The molecule has 176 valence electrons. The predicted molar refractivity (Wildman–Crippen MR) is 126 cm³/mol. The summed E-state index contributed by atoms with van der Waals surface area (Å²) in [6.45, 7) is 3.67. The second-order valence-electron chi connectivity index (χ2n) is 7.92. The summed E-state index contributed by atoms with van der Waals surface area (Å²) in [5.41, 5.74) is 1.53. The van der Waals surface area contributed by atoms with Crippen LogP contribution in [0.3, 0.4) is 0 Å². The van der Waals surface area contributed by atoms with E-state index in [2.05, 4.69) is 14.3 Å². The van der Waals surface area contributed by atoms with Gasteiger partial charge < -0.3 is 14.5 Å². The van der Waals surface area contributed by atoms with Crippen LogP contribution in [-0.2, 0) is 11.2 Å². The van der Waals surface area contributed by atoms with Crippen LogP contribution in [0.4, 0.5) is 10.8 Å². The number of piperazine rings is 1. The number of hydrogen-bond acceptors (Lipinski definition) is 9. The van der Waals surface area contributed by atoms with Crippen LogP contribution in [0, 0.1) is 10.1 Å². The number of rotatable bonds is 6. The predicted octanol–water partition coefficient (Wildman–Crippen LogP) is 3.17. The van der Waals surface area contributed by atoms with Crippen molar-refractivity contribution in [2.75, 3.05) is 31.6 Å². The van der Waals surface area contributed by atoms with Gasteiger partial charge in [-0.2, -0.15) is 4.37 Å². The van der Waals surface area contributed by atoms with E-state index in [1.165, 1.54) is 24.7 Å². The van der Waals surface area contributed by atoms with E-state index in [9.17, 15) is 19.7 Å². The number of methoxy groups -OCH3 is 1. The van der Waals surface area contributed by atoms with Gasteiger partial charge in [-0.05, 0) is 31.2 Å². The van der Waals surface area contributed by atoms with E-state index in [-0.39, 0.29) is 24.1 Å². The van der Waals surface area contributed by atoms with Gasteiger partial charge in [0.2, 0.25) is 5.13 Å². The largest absolute Gasteiger partial charge is 0.465 e. The van der Waals surface area contributed by atoms with E-state index < -0.39 is 10.9 Å². The summed E-state index contributed by atoms with van der Waals surface area (Å²) in [5.74, 6) is -0.0108. The molecule has 1 unspecified atom stereocenters. The molecule has 0 radical (unpaired) electrons. The molecule has 1 atom stereocenters. The van der Waals surface area contributed by atoms with Crippen molar-refractivity contribution in [1.29, 1.82) is 0 Å². The molecular weight excluding hydrogens is 458 g/mol. The highest BCUT2D eigenvalue weighted by Crippen LogP contribution is 2.25. The minimum atomic E-state index is -0.445. The van der Waals surface area contributed by atoms with Crippen LogP contribution < -0.4 is 4.90 Å². The summed E-state index contributed by atoms with van der Waals surface area (Å²) in [4.78, 5) is 43.9. The second-order valence-corrected chi connectivity index (χ2v) is 8.65. The Hall–Kier alpha value is -3.86. The smallest absolute Gasteiger partial charge is 0.337 e. The fourth-order valence-electron chi connectivity index (χ4n) is 3.92. The molecule has 4 rings (SSSR count). The van der Waals surface area contributed by atoms with Crippen molar-refractivity contribution in [2.24, 2.45) is 0 Å². The molecule has 1 aromatic heterocycles. The normalized spacial score (nSPS) is 15.8. The number of amides is 1. The highest BCUT2D eigenvalue weighted by atomic mass is 32.1. The van der Waals surface area contributed by atoms with Crippen LogP contribution in [0.1, 0.15) is 39.0 Å². The number of ether oxygens (including phenoxy) is 1. The van der Waals surface area contributed by atoms with Crippen molar-refractivity contribution in [3.05, 3.63) is 81.2 Å². The number of benzene rings is 2. The maximum absolute atomic E-state index is 13.0. The molecule has 10 nitrogen and oxygen atoms in total. The van der Waals surface area contributed by atoms with Crippen molar-refractivity contribution in [3.63, 3.8) is 0 Å². The number of para-hydroxylation sites is 1. The summed E-state index contributed by atoms with van der Waals surface area (Å²) in [6.07, 6.45) is 0.281. The SMILES string of the molecule is COC(=O)c1ccc(C(=O)N2CCN(c3nc(Cc4ccccc4[N+](=O)[O-])ns3)CC2C)cc1. The zero-order valence-corrected chi connectivity index (χ0v) is 19.5. The van der Waals surface area contributed by atoms with Crippen LogP contribution in [0.15, 0.2) is 48.5 Å². The van der Waals surface area contributed by atoms with E-state index >= 15 is 0 Å². The number of carbonyl (C=O) groups is 2. The summed E-state index contributed by atoms with van der Waals surface area (Å²) in [7, 11) is 1.31. The number of aromatic nitrogens is 2. The Kier molecular flexibility index (Phi) is 6.82. The van der Waals surface area contributed by atoms with Gasteiger partial charge in [-0.1, -0.05) is 18.2 Å². The van der Waals surface area contributed by atoms with E-state index in [1.807, 2.05) is 6.92 Å². The number of nitrogens with zero attached hydrogens (tertiary/aromatic N) is 5. The minimum absolute atomic E-state index is 0.0548. The van der Waals surface area contributed by atoms with Crippen LogP contribution >= 0.6 is 11.5 Å². The maximum atomic E-state index is 13.0. The van der Waals surface area contributed by atoms with Crippen LogP contribution in [0.2, 0.25) is 0 Å². The summed E-state index contributed by atoms with van der Waals surface area (Å²) in [5, 5.41) is 12.0. The van der Waals surface area contributed by atoms with Gasteiger partial charge in [0, 0.05) is 60.8 Å². The van der Waals surface area contributed by atoms with Gasteiger partial charge in [-0.25, -0.2) is 9.78 Å². The third kappa shape index (κ3) is 4.88. The molecule has 0 spiro atoms. The molecule has 1 fully saturated rings. The molecule has 1 amide bonds. The minimum Gasteiger partial charge on any atom is -0.465 e.